The third kappa shape index (κ3) is 6.63. The largest absolute Gasteiger partial charge is 0.352 e. The second kappa shape index (κ2) is 10.8. The van der Waals surface area contributed by atoms with Crippen LogP contribution >= 0.6 is 0 Å². The van der Waals surface area contributed by atoms with Crippen LogP contribution in [0.3, 0.4) is 0 Å². The molecule has 2 aromatic carbocycles. The molecule has 4 nitrogen and oxygen atoms in total. The first-order valence-electron chi connectivity index (χ1n) is 10.2. The first-order valence-corrected chi connectivity index (χ1v) is 10.2. The van der Waals surface area contributed by atoms with Crippen LogP contribution in [0.1, 0.15) is 23.1 Å². The van der Waals surface area contributed by atoms with Gasteiger partial charge in [-0.3, -0.25) is 9.69 Å². The average molecular weight is 378 g/mol. The summed E-state index contributed by atoms with van der Waals surface area (Å²) in [5, 5.41) is 3.05. The molecule has 1 amide bonds. The van der Waals surface area contributed by atoms with Gasteiger partial charge in [0.15, 0.2) is 0 Å². The van der Waals surface area contributed by atoms with Gasteiger partial charge in [-0.25, -0.2) is 0 Å². The summed E-state index contributed by atoms with van der Waals surface area (Å²) < 4.78 is 0. The third-order valence-corrected chi connectivity index (χ3v) is 5.33. The number of hydrogen-bond acceptors (Lipinski definition) is 3. The Labute approximate surface area is 168 Å². The number of benzene rings is 2. The minimum atomic E-state index is 0.136. The van der Waals surface area contributed by atoms with Gasteiger partial charge in [0.1, 0.15) is 0 Å². The van der Waals surface area contributed by atoms with Gasteiger partial charge in [0.05, 0.1) is 0 Å². The van der Waals surface area contributed by atoms with E-state index in [0.29, 0.717) is 13.0 Å². The normalized spacial score (nSPS) is 15.8. The molecule has 148 valence electrons. The van der Waals surface area contributed by atoms with E-state index < -0.39 is 0 Å². The minimum absolute atomic E-state index is 0.136. The maximum absolute atomic E-state index is 12.2. The van der Waals surface area contributed by atoms with Gasteiger partial charge in [0, 0.05) is 52.2 Å². The zero-order valence-electron chi connectivity index (χ0n) is 16.8. The van der Waals surface area contributed by atoms with Crippen molar-refractivity contribution < 1.29 is 4.79 Å². The van der Waals surface area contributed by atoms with Gasteiger partial charge >= 0.3 is 0 Å². The first-order chi connectivity index (χ1) is 13.7. The van der Waals surface area contributed by atoms with E-state index in [1.54, 1.807) is 0 Å². The third-order valence-electron chi connectivity index (χ3n) is 5.33. The highest BCUT2D eigenvalue weighted by Crippen LogP contribution is 2.07. The van der Waals surface area contributed by atoms with Crippen molar-refractivity contribution in [2.45, 2.75) is 19.9 Å². The van der Waals surface area contributed by atoms with Gasteiger partial charge in [0.25, 0.3) is 0 Å². The highest BCUT2D eigenvalue weighted by atomic mass is 16.1. The van der Waals surface area contributed by atoms with E-state index in [-0.39, 0.29) is 5.91 Å². The van der Waals surface area contributed by atoms with Crippen molar-refractivity contribution in [1.29, 1.82) is 0 Å². The maximum atomic E-state index is 12.2. The van der Waals surface area contributed by atoms with Crippen LogP contribution in [-0.2, 0) is 11.3 Å². The van der Waals surface area contributed by atoms with Crippen LogP contribution in [0.15, 0.2) is 60.7 Å². The summed E-state index contributed by atoms with van der Waals surface area (Å²) in [6.07, 6.45) is 5.00. The lowest BCUT2D eigenvalue weighted by Gasteiger charge is -2.34. The highest BCUT2D eigenvalue weighted by Gasteiger charge is 2.16. The van der Waals surface area contributed by atoms with Crippen molar-refractivity contribution in [1.82, 2.24) is 15.1 Å². The number of amides is 1. The lowest BCUT2D eigenvalue weighted by Crippen LogP contribution is -2.47. The van der Waals surface area contributed by atoms with Gasteiger partial charge < -0.3 is 10.2 Å². The summed E-state index contributed by atoms with van der Waals surface area (Å²) in [5.74, 6) is 0.136. The number of nitrogens with one attached hydrogen (secondary N) is 1. The maximum Gasteiger partial charge on any atom is 0.221 e. The lowest BCUT2D eigenvalue weighted by molar-refractivity contribution is -0.121. The molecule has 1 aliphatic rings. The number of piperazine rings is 1. The van der Waals surface area contributed by atoms with Crippen LogP contribution < -0.4 is 5.32 Å². The standard InChI is InChI=1S/C24H31N3O/c1-21-8-5-6-12-23(21)20-25-24(28)13-15-27-18-16-26(17-19-27)14-7-11-22-9-3-2-4-10-22/h2-12H,13-20H2,1H3,(H,25,28)/b11-7+. The fourth-order valence-electron chi connectivity index (χ4n) is 3.45. The van der Waals surface area contributed by atoms with Crippen LogP contribution in [-0.4, -0.2) is 55.0 Å². The Kier molecular flexibility index (Phi) is 7.82. The summed E-state index contributed by atoms with van der Waals surface area (Å²) >= 11 is 0. The Morgan fingerprint density at radius 3 is 2.39 bits per heavy atom. The zero-order chi connectivity index (χ0) is 19.6. The molecule has 0 atom stereocenters. The molecular weight excluding hydrogens is 346 g/mol. The van der Waals surface area contributed by atoms with E-state index in [1.165, 1.54) is 16.7 Å². The van der Waals surface area contributed by atoms with E-state index in [9.17, 15) is 4.79 Å². The molecule has 1 aliphatic heterocycles. The highest BCUT2D eigenvalue weighted by molar-refractivity contribution is 5.76. The van der Waals surface area contributed by atoms with Crippen LogP contribution in [0, 0.1) is 6.92 Å². The first kappa shape index (κ1) is 20.3. The number of carbonyl (C=O) groups excluding carboxylic acids is 1. The molecule has 0 spiro atoms. The molecule has 2 aromatic rings. The van der Waals surface area contributed by atoms with Crippen LogP contribution in [0.4, 0.5) is 0 Å². The minimum Gasteiger partial charge on any atom is -0.352 e. The fraction of sp³-hybridized carbons (Fsp3) is 0.375. The van der Waals surface area contributed by atoms with Crippen molar-refractivity contribution in [3.63, 3.8) is 0 Å². The molecular formula is C24H31N3O. The Hall–Kier alpha value is -2.43. The fourth-order valence-corrected chi connectivity index (χ4v) is 3.45. The Morgan fingerprint density at radius 2 is 1.64 bits per heavy atom. The van der Waals surface area contributed by atoms with Gasteiger partial charge in [-0.1, -0.05) is 66.7 Å². The molecule has 0 aliphatic carbocycles. The summed E-state index contributed by atoms with van der Waals surface area (Å²) in [6.45, 7) is 8.71. The quantitative estimate of drug-likeness (QED) is 0.766. The second-order valence-corrected chi connectivity index (χ2v) is 7.41. The predicted octanol–water partition coefficient (Wildman–Crippen LogP) is 3.33. The van der Waals surface area contributed by atoms with E-state index in [4.69, 9.17) is 0 Å². The molecule has 1 N–H and O–H groups in total. The smallest absolute Gasteiger partial charge is 0.221 e. The van der Waals surface area contributed by atoms with Gasteiger partial charge in [0.2, 0.25) is 5.91 Å². The summed E-state index contributed by atoms with van der Waals surface area (Å²) in [6, 6.07) is 18.6. The number of rotatable bonds is 8. The van der Waals surface area contributed by atoms with Gasteiger partial charge in [-0.05, 0) is 23.6 Å². The predicted molar refractivity (Wildman–Crippen MR) is 116 cm³/mol. The van der Waals surface area contributed by atoms with E-state index in [2.05, 4.69) is 70.6 Å². The molecule has 28 heavy (non-hydrogen) atoms. The molecule has 0 radical (unpaired) electrons. The summed E-state index contributed by atoms with van der Waals surface area (Å²) in [5.41, 5.74) is 3.66. The molecule has 0 saturated carbocycles. The topological polar surface area (TPSA) is 35.6 Å². The molecule has 4 heteroatoms. The average Bonchev–Trinajstić information content (AvgIpc) is 2.73. The molecule has 3 rings (SSSR count). The van der Waals surface area contributed by atoms with Crippen molar-refractivity contribution in [2.75, 3.05) is 39.3 Å². The molecule has 1 saturated heterocycles. The van der Waals surface area contributed by atoms with Gasteiger partial charge in [-0.2, -0.15) is 0 Å². The van der Waals surface area contributed by atoms with Crippen molar-refractivity contribution in [3.8, 4) is 0 Å². The molecule has 1 heterocycles. The molecule has 1 fully saturated rings. The van der Waals surface area contributed by atoms with Gasteiger partial charge in [-0.15, -0.1) is 0 Å². The van der Waals surface area contributed by atoms with Crippen LogP contribution in [0.2, 0.25) is 0 Å². The van der Waals surface area contributed by atoms with E-state index >= 15 is 0 Å². The number of nitrogens with zero attached hydrogens (tertiary/aromatic N) is 2. The number of carbonyl (C=O) groups is 1. The van der Waals surface area contributed by atoms with E-state index in [1.807, 2.05) is 18.2 Å². The Bertz CT molecular complexity index is 764. The van der Waals surface area contributed by atoms with E-state index in [0.717, 1.165) is 39.3 Å². The second-order valence-electron chi connectivity index (χ2n) is 7.41. The van der Waals surface area contributed by atoms with Crippen molar-refractivity contribution >= 4 is 12.0 Å². The number of aryl methyl sites for hydroxylation is 1. The molecule has 0 unspecified atom stereocenters. The monoisotopic (exact) mass is 377 g/mol. The lowest BCUT2D eigenvalue weighted by atomic mass is 10.1. The SMILES string of the molecule is Cc1ccccc1CNC(=O)CCN1CCN(C/C=C/c2ccccc2)CC1. The summed E-state index contributed by atoms with van der Waals surface area (Å²) in [7, 11) is 0. The van der Waals surface area contributed by atoms with Crippen LogP contribution in [0.25, 0.3) is 6.08 Å². The number of hydrogen-bond donors (Lipinski definition) is 1. The zero-order valence-corrected chi connectivity index (χ0v) is 16.8. The molecule has 0 aromatic heterocycles. The van der Waals surface area contributed by atoms with Crippen LogP contribution in [0.5, 0.6) is 0 Å². The molecule has 0 bridgehead atoms. The Balaban J connectivity index is 1.30. The Morgan fingerprint density at radius 1 is 0.964 bits per heavy atom. The van der Waals surface area contributed by atoms with Crippen molar-refractivity contribution in [3.05, 3.63) is 77.4 Å². The summed E-state index contributed by atoms with van der Waals surface area (Å²) in [4.78, 5) is 17.0. The van der Waals surface area contributed by atoms with Crippen molar-refractivity contribution in [2.24, 2.45) is 0 Å².